The highest BCUT2D eigenvalue weighted by Crippen LogP contribution is 2.29. The van der Waals surface area contributed by atoms with Crippen LogP contribution in [0.25, 0.3) is 10.9 Å². The number of hydroxylamine groups is 2. The van der Waals surface area contributed by atoms with Crippen LogP contribution in [0.2, 0.25) is 0 Å². The number of benzene rings is 1. The van der Waals surface area contributed by atoms with Gasteiger partial charge in [-0.15, -0.1) is 0 Å². The van der Waals surface area contributed by atoms with Gasteiger partial charge in [0.25, 0.3) is 0 Å². The number of hydrogen-bond acceptors (Lipinski definition) is 3. The zero-order valence-electron chi connectivity index (χ0n) is 14.8. The molecule has 0 radical (unpaired) electrons. The van der Waals surface area contributed by atoms with Crippen molar-refractivity contribution in [3.05, 3.63) is 35.0 Å². The maximum absolute atomic E-state index is 12.1. The van der Waals surface area contributed by atoms with Crippen molar-refractivity contribution >= 4 is 16.8 Å². The van der Waals surface area contributed by atoms with Crippen molar-refractivity contribution in [3.63, 3.8) is 0 Å². The third kappa shape index (κ3) is 3.88. The van der Waals surface area contributed by atoms with E-state index < -0.39 is 0 Å². The van der Waals surface area contributed by atoms with E-state index in [1.165, 1.54) is 53.4 Å². The largest absolute Gasteiger partial charge is 0.358 e. The SMILES string of the molecule is O=C(CCN1CCCO1)NCc1ccc2[nH]c3c(c2c1)CCCCC3. The molecule has 4 rings (SSSR count). The average molecular weight is 341 g/mol. The van der Waals surface area contributed by atoms with Crippen LogP contribution in [0.15, 0.2) is 18.2 Å². The lowest BCUT2D eigenvalue weighted by atomic mass is 10.0. The normalized spacial score (nSPS) is 18.2. The van der Waals surface area contributed by atoms with Crippen molar-refractivity contribution in [2.75, 3.05) is 19.7 Å². The first-order valence-corrected chi connectivity index (χ1v) is 9.56. The molecule has 0 bridgehead atoms. The molecule has 5 heteroatoms. The third-order valence-electron chi connectivity index (χ3n) is 5.32. The first-order chi connectivity index (χ1) is 12.3. The van der Waals surface area contributed by atoms with Gasteiger partial charge in [-0.25, -0.2) is 0 Å². The maximum Gasteiger partial charge on any atom is 0.221 e. The van der Waals surface area contributed by atoms with Crippen LogP contribution in [0.1, 0.15) is 48.9 Å². The van der Waals surface area contributed by atoms with Crippen LogP contribution >= 0.6 is 0 Å². The molecule has 1 aliphatic carbocycles. The molecular weight excluding hydrogens is 314 g/mol. The van der Waals surface area contributed by atoms with Gasteiger partial charge in [0.05, 0.1) is 6.61 Å². The molecular formula is C20H27N3O2. The van der Waals surface area contributed by atoms with Gasteiger partial charge in [-0.05, 0) is 55.4 Å². The summed E-state index contributed by atoms with van der Waals surface area (Å²) in [6.07, 6.45) is 7.75. The standard InChI is InChI=1S/C20H27N3O2/c24-20(9-11-23-10-4-12-25-23)21-14-15-7-8-19-17(13-15)16-5-2-1-3-6-18(16)22-19/h7-8,13,22H,1-6,9-12,14H2,(H,21,24). The number of aromatic amines is 1. The zero-order valence-corrected chi connectivity index (χ0v) is 14.8. The summed E-state index contributed by atoms with van der Waals surface area (Å²) in [7, 11) is 0. The lowest BCUT2D eigenvalue weighted by Gasteiger charge is -2.13. The van der Waals surface area contributed by atoms with E-state index in [1.807, 2.05) is 5.06 Å². The van der Waals surface area contributed by atoms with Gasteiger partial charge in [0, 0.05) is 42.7 Å². The van der Waals surface area contributed by atoms with Gasteiger partial charge in [-0.2, -0.15) is 5.06 Å². The van der Waals surface area contributed by atoms with Gasteiger partial charge >= 0.3 is 0 Å². The van der Waals surface area contributed by atoms with Crippen LogP contribution in [0.4, 0.5) is 0 Å². The van der Waals surface area contributed by atoms with E-state index in [9.17, 15) is 4.79 Å². The van der Waals surface area contributed by atoms with E-state index >= 15 is 0 Å². The van der Waals surface area contributed by atoms with E-state index in [4.69, 9.17) is 4.84 Å². The number of amides is 1. The van der Waals surface area contributed by atoms with Crippen molar-refractivity contribution in [1.29, 1.82) is 0 Å². The number of aryl methyl sites for hydroxylation is 2. The number of fused-ring (bicyclic) bond motifs is 3. The van der Waals surface area contributed by atoms with Crippen LogP contribution in [-0.2, 0) is 29.0 Å². The molecule has 0 atom stereocenters. The minimum Gasteiger partial charge on any atom is -0.358 e. The van der Waals surface area contributed by atoms with Crippen LogP contribution in [0.3, 0.4) is 0 Å². The van der Waals surface area contributed by atoms with Crippen LogP contribution < -0.4 is 5.32 Å². The van der Waals surface area contributed by atoms with Crippen molar-refractivity contribution < 1.29 is 9.63 Å². The molecule has 1 aromatic carbocycles. The van der Waals surface area contributed by atoms with Gasteiger partial charge < -0.3 is 10.3 Å². The number of carbonyl (C=O) groups excluding carboxylic acids is 1. The highest BCUT2D eigenvalue weighted by Gasteiger charge is 2.15. The number of nitrogens with one attached hydrogen (secondary N) is 2. The smallest absolute Gasteiger partial charge is 0.221 e. The summed E-state index contributed by atoms with van der Waals surface area (Å²) in [6, 6.07) is 6.52. The molecule has 1 fully saturated rings. The number of aromatic nitrogens is 1. The molecule has 0 unspecified atom stereocenters. The summed E-state index contributed by atoms with van der Waals surface area (Å²) in [6.45, 7) is 2.98. The molecule has 5 nitrogen and oxygen atoms in total. The summed E-state index contributed by atoms with van der Waals surface area (Å²) in [5.74, 6) is 0.0866. The Kier molecular flexibility index (Phi) is 5.04. The number of hydrogen-bond donors (Lipinski definition) is 2. The Morgan fingerprint density at radius 3 is 3.00 bits per heavy atom. The quantitative estimate of drug-likeness (QED) is 0.822. The molecule has 2 N–H and O–H groups in total. The van der Waals surface area contributed by atoms with Crippen molar-refractivity contribution in [2.24, 2.45) is 0 Å². The van der Waals surface area contributed by atoms with E-state index in [1.54, 1.807) is 0 Å². The Morgan fingerprint density at radius 1 is 1.20 bits per heavy atom. The topological polar surface area (TPSA) is 57.4 Å². The molecule has 1 aromatic heterocycles. The minimum atomic E-state index is 0.0866. The van der Waals surface area contributed by atoms with Crippen LogP contribution in [0.5, 0.6) is 0 Å². The predicted octanol–water partition coefficient (Wildman–Crippen LogP) is 3.08. The lowest BCUT2D eigenvalue weighted by molar-refractivity contribution is -0.130. The number of rotatable bonds is 5. The Bertz CT molecular complexity index is 747. The molecule has 1 amide bonds. The lowest BCUT2D eigenvalue weighted by Crippen LogP contribution is -2.28. The molecule has 2 aliphatic rings. The van der Waals surface area contributed by atoms with E-state index in [-0.39, 0.29) is 5.91 Å². The Hall–Kier alpha value is -1.85. The third-order valence-corrected chi connectivity index (χ3v) is 5.32. The first kappa shape index (κ1) is 16.6. The second-order valence-electron chi connectivity index (χ2n) is 7.17. The highest BCUT2D eigenvalue weighted by atomic mass is 16.7. The summed E-state index contributed by atoms with van der Waals surface area (Å²) < 4.78 is 0. The maximum atomic E-state index is 12.1. The highest BCUT2D eigenvalue weighted by molar-refractivity contribution is 5.85. The molecule has 2 aromatic rings. The Labute approximate surface area is 148 Å². The van der Waals surface area contributed by atoms with Gasteiger partial charge in [0.2, 0.25) is 5.91 Å². The predicted molar refractivity (Wildman–Crippen MR) is 98.2 cm³/mol. The monoisotopic (exact) mass is 341 g/mol. The van der Waals surface area contributed by atoms with E-state index in [0.29, 0.717) is 19.5 Å². The summed E-state index contributed by atoms with van der Waals surface area (Å²) in [5.41, 5.74) is 5.31. The van der Waals surface area contributed by atoms with Gasteiger partial charge in [0.15, 0.2) is 0 Å². The van der Waals surface area contributed by atoms with Crippen molar-refractivity contribution in [2.45, 2.75) is 51.5 Å². The minimum absolute atomic E-state index is 0.0866. The van der Waals surface area contributed by atoms with E-state index in [2.05, 4.69) is 28.5 Å². The fourth-order valence-electron chi connectivity index (χ4n) is 3.93. The molecule has 1 saturated heterocycles. The van der Waals surface area contributed by atoms with Crippen LogP contribution in [-0.4, -0.2) is 35.7 Å². The van der Waals surface area contributed by atoms with Crippen molar-refractivity contribution in [3.8, 4) is 0 Å². The fraction of sp³-hybridized carbons (Fsp3) is 0.550. The van der Waals surface area contributed by atoms with E-state index in [0.717, 1.165) is 26.0 Å². The molecule has 25 heavy (non-hydrogen) atoms. The second kappa shape index (κ2) is 7.58. The molecule has 0 spiro atoms. The van der Waals surface area contributed by atoms with Crippen molar-refractivity contribution in [1.82, 2.24) is 15.4 Å². The number of nitrogens with zero attached hydrogens (tertiary/aromatic N) is 1. The van der Waals surface area contributed by atoms with Gasteiger partial charge in [-0.1, -0.05) is 12.5 Å². The number of carbonyl (C=O) groups is 1. The van der Waals surface area contributed by atoms with Gasteiger partial charge in [0.1, 0.15) is 0 Å². The molecule has 134 valence electrons. The second-order valence-corrected chi connectivity index (χ2v) is 7.17. The van der Waals surface area contributed by atoms with Gasteiger partial charge in [-0.3, -0.25) is 9.63 Å². The Balaban J connectivity index is 1.37. The zero-order chi connectivity index (χ0) is 17.1. The Morgan fingerprint density at radius 2 is 2.12 bits per heavy atom. The summed E-state index contributed by atoms with van der Waals surface area (Å²) in [5, 5.41) is 6.27. The first-order valence-electron chi connectivity index (χ1n) is 9.56. The molecule has 2 heterocycles. The average Bonchev–Trinajstić information content (AvgIpc) is 3.20. The molecule has 1 aliphatic heterocycles. The van der Waals surface area contributed by atoms with Crippen LogP contribution in [0, 0.1) is 0 Å². The summed E-state index contributed by atoms with van der Waals surface area (Å²) >= 11 is 0. The number of H-pyrrole nitrogens is 1. The molecule has 0 saturated carbocycles. The summed E-state index contributed by atoms with van der Waals surface area (Å²) in [4.78, 5) is 21.1. The fourth-order valence-corrected chi connectivity index (χ4v) is 3.93.